The highest BCUT2D eigenvalue weighted by molar-refractivity contribution is 5.27. The summed E-state index contributed by atoms with van der Waals surface area (Å²) in [5, 5.41) is 0. The lowest BCUT2D eigenvalue weighted by atomic mass is 9.79. The second kappa shape index (κ2) is 6.99. The number of nitrogens with two attached hydrogens (primary N) is 1. The van der Waals surface area contributed by atoms with Gasteiger partial charge in [0, 0.05) is 5.56 Å². The summed E-state index contributed by atoms with van der Waals surface area (Å²) in [5.74, 6) is 1.34. The predicted molar refractivity (Wildman–Crippen MR) is 76.2 cm³/mol. The molecule has 1 aromatic carbocycles. The first kappa shape index (κ1) is 16.1. The van der Waals surface area contributed by atoms with Gasteiger partial charge < -0.3 is 0 Å². The highest BCUT2D eigenvalue weighted by atomic mass is 19.3. The summed E-state index contributed by atoms with van der Waals surface area (Å²) in [6.07, 6.45) is 4.80. The van der Waals surface area contributed by atoms with Crippen LogP contribution < -0.4 is 5.73 Å². The molecule has 0 saturated heterocycles. The Morgan fingerprint density at radius 2 is 1.47 bits per heavy atom. The second-order valence-corrected chi connectivity index (χ2v) is 5.20. The first-order valence-corrected chi connectivity index (χ1v) is 7.24. The molecule has 0 aliphatic heterocycles. The Hall–Kier alpha value is -0.960. The lowest BCUT2D eigenvalue weighted by Crippen LogP contribution is -2.25. The van der Waals surface area contributed by atoms with Gasteiger partial charge in [0.05, 0.1) is 0 Å². The van der Waals surface area contributed by atoms with Gasteiger partial charge in [0.2, 0.25) is 0 Å². The van der Waals surface area contributed by atoms with Gasteiger partial charge in [0.15, 0.2) is 0 Å². The Morgan fingerprint density at radius 1 is 1.00 bits per heavy atom. The minimum absolute atomic E-state index is 0.106. The summed E-state index contributed by atoms with van der Waals surface area (Å²) < 4.78 is 25.7. The molecule has 0 unspecified atom stereocenters. The van der Waals surface area contributed by atoms with Gasteiger partial charge in [0.1, 0.15) is 0 Å². The third-order valence-electron chi connectivity index (χ3n) is 3.78. The lowest BCUT2D eigenvalue weighted by Gasteiger charge is -2.26. The van der Waals surface area contributed by atoms with Gasteiger partial charge in [-0.1, -0.05) is 57.9 Å². The van der Waals surface area contributed by atoms with Crippen molar-refractivity contribution in [3.05, 3.63) is 35.4 Å². The maximum absolute atomic E-state index is 12.9. The molecule has 3 heteroatoms. The van der Waals surface area contributed by atoms with Crippen LogP contribution in [-0.4, -0.2) is 0 Å². The van der Waals surface area contributed by atoms with E-state index in [1.165, 1.54) is 43.4 Å². The third-order valence-corrected chi connectivity index (χ3v) is 3.78. The third kappa shape index (κ3) is 4.57. The van der Waals surface area contributed by atoms with Crippen molar-refractivity contribution >= 4 is 0 Å². The van der Waals surface area contributed by atoms with E-state index in [4.69, 9.17) is 5.73 Å². The predicted octanol–water partition coefficient (Wildman–Crippen LogP) is 5.01. The van der Waals surface area contributed by atoms with Crippen LogP contribution in [0.3, 0.4) is 0 Å². The molecule has 1 fully saturated rings. The number of rotatable bonds is 2. The van der Waals surface area contributed by atoms with Crippen LogP contribution in [-0.2, 0) is 6.05 Å². The van der Waals surface area contributed by atoms with Crippen LogP contribution in [0.4, 0.5) is 8.78 Å². The average molecular weight is 269 g/mol. The van der Waals surface area contributed by atoms with Gasteiger partial charge in [0.25, 0.3) is 0 Å². The van der Waals surface area contributed by atoms with Crippen LogP contribution >= 0.6 is 0 Å². The molecule has 19 heavy (non-hydrogen) atoms. The molecule has 1 aliphatic carbocycles. The van der Waals surface area contributed by atoms with Gasteiger partial charge in [-0.2, -0.15) is 8.78 Å². The maximum Gasteiger partial charge on any atom is 0.326 e. The Labute approximate surface area is 115 Å². The van der Waals surface area contributed by atoms with E-state index in [9.17, 15) is 8.78 Å². The normalized spacial score (nSPS) is 23.5. The van der Waals surface area contributed by atoms with Crippen molar-refractivity contribution in [1.82, 2.24) is 0 Å². The summed E-state index contributed by atoms with van der Waals surface area (Å²) in [6, 6.07) is 3.29. The number of hydrogen-bond donors (Lipinski definition) is 1. The first-order valence-electron chi connectivity index (χ1n) is 7.24. The Bertz CT molecular complexity index is 359. The highest BCUT2D eigenvalue weighted by Crippen LogP contribution is 2.36. The zero-order valence-corrected chi connectivity index (χ0v) is 12.1. The average Bonchev–Trinajstić information content (AvgIpc) is 2.41. The number of hydrogen-bond acceptors (Lipinski definition) is 1. The molecular formula is C16H25F2N. The topological polar surface area (TPSA) is 26.0 Å². The molecule has 0 radical (unpaired) electrons. The van der Waals surface area contributed by atoms with E-state index < -0.39 is 6.05 Å². The van der Waals surface area contributed by atoms with Crippen molar-refractivity contribution in [1.29, 1.82) is 0 Å². The smallest absolute Gasteiger partial charge is 0.268 e. The molecule has 1 nitrogen and oxygen atoms in total. The van der Waals surface area contributed by atoms with E-state index in [2.05, 4.69) is 6.92 Å². The van der Waals surface area contributed by atoms with Gasteiger partial charge in [-0.25, -0.2) is 0 Å². The largest absolute Gasteiger partial charge is 0.326 e. The minimum Gasteiger partial charge on any atom is -0.268 e. The fourth-order valence-electron chi connectivity index (χ4n) is 2.57. The molecule has 1 aliphatic rings. The standard InChI is InChI=1S/C14H19F2N.C2H6/c1-10-2-4-11(5-3-10)12-6-8-13(9-7-12)14(15,16)17;1-2/h6-11H,2-5,17H2,1H3;1-2H3. The summed E-state index contributed by atoms with van der Waals surface area (Å²) in [4.78, 5) is 0. The number of benzene rings is 1. The summed E-state index contributed by atoms with van der Waals surface area (Å²) in [6.45, 7) is 6.27. The minimum atomic E-state index is -3.22. The van der Waals surface area contributed by atoms with Gasteiger partial charge in [-0.3, -0.25) is 5.73 Å². The molecule has 0 atom stereocenters. The van der Waals surface area contributed by atoms with Crippen molar-refractivity contribution in [2.45, 2.75) is 58.4 Å². The van der Waals surface area contributed by atoms with E-state index in [1.54, 1.807) is 12.1 Å². The van der Waals surface area contributed by atoms with E-state index in [0.29, 0.717) is 5.92 Å². The molecular weight excluding hydrogens is 244 g/mol. The first-order chi connectivity index (χ1) is 8.97. The summed E-state index contributed by atoms with van der Waals surface area (Å²) >= 11 is 0. The highest BCUT2D eigenvalue weighted by Gasteiger charge is 2.25. The summed E-state index contributed by atoms with van der Waals surface area (Å²) in [7, 11) is 0. The molecule has 1 saturated carbocycles. The fourth-order valence-corrected chi connectivity index (χ4v) is 2.57. The van der Waals surface area contributed by atoms with Crippen LogP contribution in [0.15, 0.2) is 24.3 Å². The van der Waals surface area contributed by atoms with E-state index in [0.717, 1.165) is 5.92 Å². The SMILES string of the molecule is CC.CC1CCC(c2ccc(C(N)(F)F)cc2)CC1. The zero-order chi connectivity index (χ0) is 14.5. The van der Waals surface area contributed by atoms with Crippen molar-refractivity contribution < 1.29 is 8.78 Å². The molecule has 0 heterocycles. The Balaban J connectivity index is 0.000000861. The van der Waals surface area contributed by atoms with Crippen LogP contribution in [0.25, 0.3) is 0 Å². The van der Waals surface area contributed by atoms with Crippen molar-refractivity contribution in [3.8, 4) is 0 Å². The lowest BCUT2D eigenvalue weighted by molar-refractivity contribution is 0.00296. The Kier molecular flexibility index (Phi) is 5.92. The van der Waals surface area contributed by atoms with Crippen molar-refractivity contribution in [2.24, 2.45) is 11.7 Å². The maximum atomic E-state index is 12.9. The number of alkyl halides is 2. The van der Waals surface area contributed by atoms with Gasteiger partial charge >= 0.3 is 6.05 Å². The van der Waals surface area contributed by atoms with E-state index in [1.807, 2.05) is 13.8 Å². The molecule has 0 bridgehead atoms. The number of halogens is 2. The second-order valence-electron chi connectivity index (χ2n) is 5.20. The van der Waals surface area contributed by atoms with Crippen molar-refractivity contribution in [2.75, 3.05) is 0 Å². The molecule has 0 spiro atoms. The van der Waals surface area contributed by atoms with Crippen LogP contribution in [0, 0.1) is 5.92 Å². The molecule has 0 amide bonds. The monoisotopic (exact) mass is 269 g/mol. The summed E-state index contributed by atoms with van der Waals surface area (Å²) in [5.41, 5.74) is 5.84. The Morgan fingerprint density at radius 3 is 1.89 bits per heavy atom. The quantitative estimate of drug-likeness (QED) is 0.750. The molecule has 0 aromatic heterocycles. The fraction of sp³-hybridized carbons (Fsp3) is 0.625. The van der Waals surface area contributed by atoms with Crippen LogP contribution in [0.2, 0.25) is 0 Å². The molecule has 2 rings (SSSR count). The van der Waals surface area contributed by atoms with Gasteiger partial charge in [-0.15, -0.1) is 0 Å². The van der Waals surface area contributed by atoms with Crippen LogP contribution in [0.1, 0.15) is 63.5 Å². The molecule has 2 N–H and O–H groups in total. The zero-order valence-electron chi connectivity index (χ0n) is 12.1. The molecule has 1 aromatic rings. The van der Waals surface area contributed by atoms with Gasteiger partial charge in [-0.05, 0) is 30.2 Å². The van der Waals surface area contributed by atoms with E-state index in [-0.39, 0.29) is 5.56 Å². The van der Waals surface area contributed by atoms with Crippen LogP contribution in [0.5, 0.6) is 0 Å². The molecule has 108 valence electrons. The van der Waals surface area contributed by atoms with Crippen molar-refractivity contribution in [3.63, 3.8) is 0 Å². The van der Waals surface area contributed by atoms with E-state index >= 15 is 0 Å².